The Bertz CT molecular complexity index is 244. The fraction of sp³-hybridized carbons (Fsp3) is 0.667. The Labute approximate surface area is 86.1 Å². The van der Waals surface area contributed by atoms with Crippen LogP contribution in [-0.4, -0.2) is 54.6 Å². The second-order valence-electron chi connectivity index (χ2n) is 3.38. The molecule has 15 heavy (non-hydrogen) atoms. The van der Waals surface area contributed by atoms with Crippen LogP contribution >= 0.6 is 0 Å². The number of halogens is 3. The lowest BCUT2D eigenvalue weighted by Crippen LogP contribution is -2.52. The lowest BCUT2D eigenvalue weighted by molar-refractivity contribution is -0.186. The van der Waals surface area contributed by atoms with Crippen LogP contribution in [0.2, 0.25) is 0 Å². The Morgan fingerprint density at radius 2 is 1.80 bits per heavy atom. The SMILES string of the molecule is C=CCN1CCN(C(=O)C(F)(F)F)CC1. The zero-order valence-electron chi connectivity index (χ0n) is 8.26. The fourth-order valence-electron chi connectivity index (χ4n) is 1.50. The van der Waals surface area contributed by atoms with E-state index >= 15 is 0 Å². The van der Waals surface area contributed by atoms with E-state index in [4.69, 9.17) is 0 Å². The van der Waals surface area contributed by atoms with Crippen LogP contribution in [0.5, 0.6) is 0 Å². The zero-order valence-corrected chi connectivity index (χ0v) is 8.26. The summed E-state index contributed by atoms with van der Waals surface area (Å²) >= 11 is 0. The van der Waals surface area contributed by atoms with Crippen molar-refractivity contribution < 1.29 is 18.0 Å². The highest BCUT2D eigenvalue weighted by atomic mass is 19.4. The van der Waals surface area contributed by atoms with Gasteiger partial charge in [0, 0.05) is 32.7 Å². The second kappa shape index (κ2) is 4.65. The van der Waals surface area contributed by atoms with E-state index in [1.54, 1.807) is 6.08 Å². The van der Waals surface area contributed by atoms with Gasteiger partial charge >= 0.3 is 12.1 Å². The predicted octanol–water partition coefficient (Wildman–Crippen LogP) is 0.879. The molecular weight excluding hydrogens is 209 g/mol. The van der Waals surface area contributed by atoms with Crippen molar-refractivity contribution in [3.05, 3.63) is 12.7 Å². The molecule has 1 rings (SSSR count). The first-order valence-electron chi connectivity index (χ1n) is 4.64. The van der Waals surface area contributed by atoms with Crippen LogP contribution in [0.1, 0.15) is 0 Å². The van der Waals surface area contributed by atoms with E-state index in [2.05, 4.69) is 6.58 Å². The van der Waals surface area contributed by atoms with Gasteiger partial charge in [-0.25, -0.2) is 0 Å². The molecule has 0 unspecified atom stereocenters. The average molecular weight is 222 g/mol. The van der Waals surface area contributed by atoms with Gasteiger partial charge in [-0.15, -0.1) is 6.58 Å². The van der Waals surface area contributed by atoms with Crippen LogP contribution in [0.4, 0.5) is 13.2 Å². The minimum atomic E-state index is -4.75. The van der Waals surface area contributed by atoms with Crippen LogP contribution in [0.25, 0.3) is 0 Å². The third-order valence-corrected chi connectivity index (χ3v) is 2.29. The number of carbonyl (C=O) groups excluding carboxylic acids is 1. The molecule has 0 spiro atoms. The van der Waals surface area contributed by atoms with Crippen molar-refractivity contribution in [1.82, 2.24) is 9.80 Å². The van der Waals surface area contributed by atoms with Gasteiger partial charge in [-0.1, -0.05) is 6.08 Å². The van der Waals surface area contributed by atoms with Crippen LogP contribution in [0.15, 0.2) is 12.7 Å². The third-order valence-electron chi connectivity index (χ3n) is 2.29. The van der Waals surface area contributed by atoms with E-state index in [1.807, 2.05) is 4.90 Å². The lowest BCUT2D eigenvalue weighted by Gasteiger charge is -2.34. The number of hydrogen-bond acceptors (Lipinski definition) is 2. The largest absolute Gasteiger partial charge is 0.471 e. The van der Waals surface area contributed by atoms with Crippen molar-refractivity contribution in [2.75, 3.05) is 32.7 Å². The van der Waals surface area contributed by atoms with Gasteiger partial charge in [0.2, 0.25) is 0 Å². The summed E-state index contributed by atoms with van der Waals surface area (Å²) < 4.78 is 36.2. The van der Waals surface area contributed by atoms with Gasteiger partial charge in [0.25, 0.3) is 0 Å². The quantitative estimate of drug-likeness (QED) is 0.647. The van der Waals surface area contributed by atoms with Gasteiger partial charge in [0.1, 0.15) is 0 Å². The van der Waals surface area contributed by atoms with Gasteiger partial charge < -0.3 is 4.90 Å². The molecule has 1 aliphatic rings. The van der Waals surface area contributed by atoms with Crippen molar-refractivity contribution in [3.8, 4) is 0 Å². The first-order valence-corrected chi connectivity index (χ1v) is 4.64. The summed E-state index contributed by atoms with van der Waals surface area (Å²) in [6.07, 6.45) is -3.05. The molecule has 1 amide bonds. The predicted molar refractivity (Wildman–Crippen MR) is 49.3 cm³/mol. The summed E-state index contributed by atoms with van der Waals surface area (Å²) in [6, 6.07) is 0. The topological polar surface area (TPSA) is 23.6 Å². The smallest absolute Gasteiger partial charge is 0.332 e. The maximum Gasteiger partial charge on any atom is 0.471 e. The third kappa shape index (κ3) is 3.23. The van der Waals surface area contributed by atoms with Crippen molar-refractivity contribution in [2.45, 2.75) is 6.18 Å². The Kier molecular flexibility index (Phi) is 3.73. The molecule has 1 saturated heterocycles. The molecule has 1 aliphatic heterocycles. The first-order chi connectivity index (χ1) is 6.95. The van der Waals surface area contributed by atoms with Crippen LogP contribution in [0, 0.1) is 0 Å². The Balaban J connectivity index is 2.44. The van der Waals surface area contributed by atoms with Crippen molar-refractivity contribution >= 4 is 5.91 Å². The summed E-state index contributed by atoms with van der Waals surface area (Å²) in [4.78, 5) is 13.6. The summed E-state index contributed by atoms with van der Waals surface area (Å²) in [5.74, 6) is -1.74. The molecule has 0 aliphatic carbocycles. The zero-order chi connectivity index (χ0) is 11.5. The number of nitrogens with zero attached hydrogens (tertiary/aromatic N) is 2. The Morgan fingerprint density at radius 3 is 2.20 bits per heavy atom. The molecule has 86 valence electrons. The van der Waals surface area contributed by atoms with E-state index in [0.717, 1.165) is 4.90 Å². The van der Waals surface area contributed by atoms with Crippen molar-refractivity contribution in [2.24, 2.45) is 0 Å². The molecule has 0 aromatic heterocycles. The number of piperazine rings is 1. The lowest BCUT2D eigenvalue weighted by atomic mass is 10.3. The Hall–Kier alpha value is -1.04. The highest BCUT2D eigenvalue weighted by molar-refractivity contribution is 5.81. The molecular formula is C9H13F3N2O. The second-order valence-corrected chi connectivity index (χ2v) is 3.38. The fourth-order valence-corrected chi connectivity index (χ4v) is 1.50. The normalized spacial score (nSPS) is 19.0. The average Bonchev–Trinajstić information content (AvgIpc) is 2.17. The van der Waals surface area contributed by atoms with Crippen molar-refractivity contribution in [1.29, 1.82) is 0 Å². The molecule has 0 bridgehead atoms. The number of alkyl halides is 3. The molecule has 0 atom stereocenters. The molecule has 6 heteroatoms. The van der Waals surface area contributed by atoms with Gasteiger partial charge in [-0.3, -0.25) is 9.69 Å². The molecule has 3 nitrogen and oxygen atoms in total. The molecule has 0 aromatic carbocycles. The number of carbonyl (C=O) groups is 1. The van der Waals surface area contributed by atoms with E-state index < -0.39 is 12.1 Å². The number of amides is 1. The minimum Gasteiger partial charge on any atom is -0.332 e. The van der Waals surface area contributed by atoms with Gasteiger partial charge in [0.05, 0.1) is 0 Å². The summed E-state index contributed by atoms with van der Waals surface area (Å²) in [7, 11) is 0. The molecule has 1 heterocycles. The molecule has 0 N–H and O–H groups in total. The first kappa shape index (κ1) is 12.0. The monoisotopic (exact) mass is 222 g/mol. The van der Waals surface area contributed by atoms with Crippen LogP contribution in [0.3, 0.4) is 0 Å². The maximum atomic E-state index is 12.1. The van der Waals surface area contributed by atoms with E-state index in [9.17, 15) is 18.0 Å². The molecule has 0 radical (unpaired) electrons. The van der Waals surface area contributed by atoms with E-state index in [1.165, 1.54) is 0 Å². The van der Waals surface area contributed by atoms with E-state index in [-0.39, 0.29) is 13.1 Å². The summed E-state index contributed by atoms with van der Waals surface area (Å²) in [5, 5.41) is 0. The molecule has 0 saturated carbocycles. The van der Waals surface area contributed by atoms with Gasteiger partial charge in [0.15, 0.2) is 0 Å². The van der Waals surface area contributed by atoms with Crippen molar-refractivity contribution in [3.63, 3.8) is 0 Å². The standard InChI is InChI=1S/C9H13F3N2O/c1-2-3-13-4-6-14(7-5-13)8(15)9(10,11)12/h2H,1,3-7H2. The number of hydrogen-bond donors (Lipinski definition) is 0. The number of rotatable bonds is 2. The highest BCUT2D eigenvalue weighted by Gasteiger charge is 2.42. The highest BCUT2D eigenvalue weighted by Crippen LogP contribution is 2.19. The Morgan fingerprint density at radius 1 is 1.27 bits per heavy atom. The minimum absolute atomic E-state index is 0.131. The molecule has 1 fully saturated rings. The van der Waals surface area contributed by atoms with Gasteiger partial charge in [-0.2, -0.15) is 13.2 Å². The maximum absolute atomic E-state index is 12.1. The summed E-state index contributed by atoms with van der Waals surface area (Å²) in [5.41, 5.74) is 0. The molecule has 0 aromatic rings. The van der Waals surface area contributed by atoms with E-state index in [0.29, 0.717) is 19.6 Å². The van der Waals surface area contributed by atoms with Crippen LogP contribution < -0.4 is 0 Å². The van der Waals surface area contributed by atoms with Gasteiger partial charge in [-0.05, 0) is 0 Å². The van der Waals surface area contributed by atoms with Crippen LogP contribution in [-0.2, 0) is 4.79 Å². The summed E-state index contributed by atoms with van der Waals surface area (Å²) in [6.45, 7) is 5.39.